The summed E-state index contributed by atoms with van der Waals surface area (Å²) in [5.74, 6) is 0.846. The summed E-state index contributed by atoms with van der Waals surface area (Å²) >= 11 is 0. The third kappa shape index (κ3) is 5.26. The number of pyridine rings is 1. The number of carbonyl (C=O) groups is 1. The van der Waals surface area contributed by atoms with Crippen molar-refractivity contribution in [3.63, 3.8) is 0 Å². The van der Waals surface area contributed by atoms with Gasteiger partial charge in [-0.15, -0.1) is 0 Å². The van der Waals surface area contributed by atoms with Crippen LogP contribution in [0.5, 0.6) is 5.75 Å². The molecule has 9 heteroatoms. The van der Waals surface area contributed by atoms with Crippen molar-refractivity contribution in [2.24, 2.45) is 11.0 Å². The number of ether oxygens (including phenoxy) is 2. The van der Waals surface area contributed by atoms with Crippen molar-refractivity contribution in [1.82, 2.24) is 10.1 Å². The Morgan fingerprint density at radius 3 is 2.93 bits per heavy atom. The molecule has 29 heavy (non-hydrogen) atoms. The second-order valence-electron chi connectivity index (χ2n) is 7.43. The van der Waals surface area contributed by atoms with Gasteiger partial charge in [0.25, 0.3) is 0 Å². The summed E-state index contributed by atoms with van der Waals surface area (Å²) in [5.41, 5.74) is 10.5. The SMILES string of the molecule is Cc1noc(-c2ccc(O[C@H]3CCC[C@H](C(=O)OC(C)C)C3)cn2)c1CN=[N+]=[N-]. The minimum Gasteiger partial charge on any atom is -0.489 e. The average Bonchev–Trinajstić information content (AvgIpc) is 3.07. The van der Waals surface area contributed by atoms with Gasteiger partial charge in [0.1, 0.15) is 11.4 Å². The molecule has 0 aliphatic heterocycles. The molecular formula is C20H25N5O4. The summed E-state index contributed by atoms with van der Waals surface area (Å²) in [7, 11) is 0. The van der Waals surface area contributed by atoms with Gasteiger partial charge in [0.15, 0.2) is 5.76 Å². The molecule has 0 unspecified atom stereocenters. The number of carbonyl (C=O) groups excluding carboxylic acids is 1. The second kappa shape index (κ2) is 9.43. The van der Waals surface area contributed by atoms with Crippen LogP contribution < -0.4 is 4.74 Å². The van der Waals surface area contributed by atoms with E-state index in [2.05, 4.69) is 20.2 Å². The number of esters is 1. The number of aryl methyl sites for hydroxylation is 1. The summed E-state index contributed by atoms with van der Waals surface area (Å²) in [5, 5.41) is 7.52. The van der Waals surface area contributed by atoms with Crippen LogP contribution >= 0.6 is 0 Å². The Morgan fingerprint density at radius 2 is 2.24 bits per heavy atom. The van der Waals surface area contributed by atoms with Crippen LogP contribution in [0.2, 0.25) is 0 Å². The molecule has 154 valence electrons. The molecule has 9 nitrogen and oxygen atoms in total. The summed E-state index contributed by atoms with van der Waals surface area (Å²) in [6, 6.07) is 3.59. The fourth-order valence-electron chi connectivity index (χ4n) is 3.45. The molecule has 1 aliphatic carbocycles. The lowest BCUT2D eigenvalue weighted by Crippen LogP contribution is -2.31. The summed E-state index contributed by atoms with van der Waals surface area (Å²) < 4.78 is 16.7. The van der Waals surface area contributed by atoms with Crippen molar-refractivity contribution in [3.05, 3.63) is 40.0 Å². The quantitative estimate of drug-likeness (QED) is 0.286. The molecule has 0 radical (unpaired) electrons. The zero-order chi connectivity index (χ0) is 20.8. The van der Waals surface area contributed by atoms with Crippen LogP contribution in [0.3, 0.4) is 0 Å². The first-order valence-electron chi connectivity index (χ1n) is 9.77. The minimum atomic E-state index is -0.144. The summed E-state index contributed by atoms with van der Waals surface area (Å²) in [6.45, 7) is 5.65. The van der Waals surface area contributed by atoms with Gasteiger partial charge in [0.05, 0.1) is 36.6 Å². The summed E-state index contributed by atoms with van der Waals surface area (Å²) in [4.78, 5) is 19.4. The molecule has 2 atom stereocenters. The van der Waals surface area contributed by atoms with E-state index >= 15 is 0 Å². The smallest absolute Gasteiger partial charge is 0.309 e. The van der Waals surface area contributed by atoms with Gasteiger partial charge >= 0.3 is 5.97 Å². The number of hydrogen-bond donors (Lipinski definition) is 0. The van der Waals surface area contributed by atoms with Crippen molar-refractivity contribution in [3.8, 4) is 17.2 Å². The Hall–Kier alpha value is -3.06. The predicted molar refractivity (Wildman–Crippen MR) is 105 cm³/mol. The van der Waals surface area contributed by atoms with Crippen LogP contribution in [0, 0.1) is 12.8 Å². The Balaban J connectivity index is 1.65. The Morgan fingerprint density at radius 1 is 1.41 bits per heavy atom. The van der Waals surface area contributed by atoms with E-state index < -0.39 is 0 Å². The fourth-order valence-corrected chi connectivity index (χ4v) is 3.45. The first-order chi connectivity index (χ1) is 14.0. The third-order valence-electron chi connectivity index (χ3n) is 4.86. The maximum absolute atomic E-state index is 12.2. The molecule has 2 heterocycles. The Kier molecular flexibility index (Phi) is 6.72. The van der Waals surface area contributed by atoms with Gasteiger partial charge in [0, 0.05) is 10.5 Å². The van der Waals surface area contributed by atoms with Crippen molar-refractivity contribution in [1.29, 1.82) is 0 Å². The van der Waals surface area contributed by atoms with E-state index in [1.165, 1.54) is 0 Å². The molecule has 2 aromatic rings. The van der Waals surface area contributed by atoms with Gasteiger partial charge < -0.3 is 14.0 Å². The maximum Gasteiger partial charge on any atom is 0.309 e. The van der Waals surface area contributed by atoms with Crippen LogP contribution in [0.25, 0.3) is 21.9 Å². The highest BCUT2D eigenvalue weighted by Crippen LogP contribution is 2.30. The lowest BCUT2D eigenvalue weighted by atomic mass is 9.87. The molecule has 0 N–H and O–H groups in total. The van der Waals surface area contributed by atoms with Crippen molar-refractivity contribution >= 4 is 5.97 Å². The lowest BCUT2D eigenvalue weighted by molar-refractivity contribution is -0.154. The van der Waals surface area contributed by atoms with Crippen molar-refractivity contribution in [2.75, 3.05) is 0 Å². The largest absolute Gasteiger partial charge is 0.489 e. The van der Waals surface area contributed by atoms with Gasteiger partial charge in [-0.3, -0.25) is 4.79 Å². The zero-order valence-electron chi connectivity index (χ0n) is 16.9. The number of rotatable bonds is 7. The Bertz CT molecular complexity index is 887. The number of azide groups is 1. The van der Waals surface area contributed by atoms with E-state index in [0.717, 1.165) is 19.3 Å². The minimum absolute atomic E-state index is 0.0471. The van der Waals surface area contributed by atoms with Crippen LogP contribution in [-0.4, -0.2) is 28.3 Å². The Labute approximate surface area is 169 Å². The average molecular weight is 399 g/mol. The van der Waals surface area contributed by atoms with E-state index in [4.69, 9.17) is 19.5 Å². The van der Waals surface area contributed by atoms with Crippen molar-refractivity contribution < 1.29 is 18.8 Å². The number of hydrogen-bond acceptors (Lipinski definition) is 7. The molecule has 0 aromatic carbocycles. The van der Waals surface area contributed by atoms with Gasteiger partial charge in [-0.05, 0) is 64.1 Å². The zero-order valence-corrected chi connectivity index (χ0v) is 16.9. The van der Waals surface area contributed by atoms with E-state index in [1.807, 2.05) is 19.9 Å². The van der Waals surface area contributed by atoms with E-state index in [9.17, 15) is 4.79 Å². The van der Waals surface area contributed by atoms with E-state index in [0.29, 0.717) is 34.9 Å². The molecular weight excluding hydrogens is 374 g/mol. The summed E-state index contributed by atoms with van der Waals surface area (Å²) in [6.07, 6.45) is 4.77. The standard InChI is InChI=1S/C20H25N5O4/c1-12(2)27-20(26)14-5-4-6-15(9-14)28-16-7-8-18(22-10-16)19-17(11-23-25-21)13(3)24-29-19/h7-8,10,12,14-15H,4-6,9,11H2,1-3H3/t14-,15-/m0/s1. The molecule has 1 aliphatic rings. The fraction of sp³-hybridized carbons (Fsp3) is 0.550. The molecule has 0 spiro atoms. The second-order valence-corrected chi connectivity index (χ2v) is 7.43. The van der Waals surface area contributed by atoms with Crippen LogP contribution in [-0.2, 0) is 16.1 Å². The normalized spacial score (nSPS) is 18.9. The maximum atomic E-state index is 12.2. The van der Waals surface area contributed by atoms with Crippen LogP contribution in [0.1, 0.15) is 50.8 Å². The van der Waals surface area contributed by atoms with Gasteiger partial charge in [-0.25, -0.2) is 4.98 Å². The van der Waals surface area contributed by atoms with Crippen LogP contribution in [0.4, 0.5) is 0 Å². The first-order valence-corrected chi connectivity index (χ1v) is 9.77. The molecule has 0 bridgehead atoms. The topological polar surface area (TPSA) is 123 Å². The van der Waals surface area contributed by atoms with Crippen molar-refractivity contribution in [2.45, 2.75) is 65.2 Å². The molecule has 2 aromatic heterocycles. The predicted octanol–water partition coefficient (Wildman–Crippen LogP) is 4.74. The van der Waals surface area contributed by atoms with Crippen LogP contribution in [0.15, 0.2) is 28.0 Å². The van der Waals surface area contributed by atoms with Gasteiger partial charge in [0.2, 0.25) is 0 Å². The highest BCUT2D eigenvalue weighted by atomic mass is 16.5. The van der Waals surface area contributed by atoms with Gasteiger partial charge in [-0.2, -0.15) is 0 Å². The molecule has 0 amide bonds. The number of aromatic nitrogens is 2. The van der Waals surface area contributed by atoms with Gasteiger partial charge in [-0.1, -0.05) is 10.3 Å². The lowest BCUT2D eigenvalue weighted by Gasteiger charge is -2.28. The van der Waals surface area contributed by atoms with E-state index in [-0.39, 0.29) is 30.6 Å². The monoisotopic (exact) mass is 399 g/mol. The molecule has 1 fully saturated rings. The third-order valence-corrected chi connectivity index (χ3v) is 4.86. The molecule has 3 rings (SSSR count). The molecule has 1 saturated carbocycles. The number of nitrogens with zero attached hydrogens (tertiary/aromatic N) is 5. The first kappa shape index (κ1) is 20.7. The van der Waals surface area contributed by atoms with E-state index in [1.54, 1.807) is 19.2 Å². The highest BCUT2D eigenvalue weighted by molar-refractivity contribution is 5.72. The highest BCUT2D eigenvalue weighted by Gasteiger charge is 2.30. The molecule has 0 saturated heterocycles.